The van der Waals surface area contributed by atoms with E-state index in [1.807, 2.05) is 0 Å². The lowest BCUT2D eigenvalue weighted by Crippen LogP contribution is -2.52. The van der Waals surface area contributed by atoms with Crippen LogP contribution in [0.2, 0.25) is 0 Å². The standard InChI is InChI=1S/C10H17NO/c1-2-9-3-5-11-6-7-12-10(11,4-1)8-9/h9H,1-8H2. The van der Waals surface area contributed by atoms with Gasteiger partial charge in [0.05, 0.1) is 6.61 Å². The predicted molar refractivity (Wildman–Crippen MR) is 46.8 cm³/mol. The highest BCUT2D eigenvalue weighted by molar-refractivity contribution is 4.95. The van der Waals surface area contributed by atoms with Crippen LogP contribution >= 0.6 is 0 Å². The predicted octanol–water partition coefficient (Wildman–Crippen LogP) is 1.61. The molecule has 2 nitrogen and oxygen atoms in total. The summed E-state index contributed by atoms with van der Waals surface area (Å²) in [5, 5.41) is 0. The zero-order chi connectivity index (χ0) is 8.02. The van der Waals surface area contributed by atoms with Crippen LogP contribution in [-0.2, 0) is 4.74 Å². The first-order valence-corrected chi connectivity index (χ1v) is 5.28. The van der Waals surface area contributed by atoms with Gasteiger partial charge in [-0.15, -0.1) is 0 Å². The monoisotopic (exact) mass is 167 g/mol. The third kappa shape index (κ3) is 0.882. The molecule has 0 aromatic carbocycles. The van der Waals surface area contributed by atoms with Gasteiger partial charge in [-0.3, -0.25) is 4.90 Å². The Labute approximate surface area is 73.9 Å². The van der Waals surface area contributed by atoms with Crippen LogP contribution in [0.25, 0.3) is 0 Å². The summed E-state index contributed by atoms with van der Waals surface area (Å²) in [6.45, 7) is 3.46. The van der Waals surface area contributed by atoms with Gasteiger partial charge in [-0.25, -0.2) is 0 Å². The lowest BCUT2D eigenvalue weighted by molar-refractivity contribution is -0.141. The molecule has 3 rings (SSSR count). The third-order valence-corrected chi connectivity index (χ3v) is 3.90. The van der Waals surface area contributed by atoms with Crippen molar-refractivity contribution < 1.29 is 4.74 Å². The van der Waals surface area contributed by atoms with E-state index in [0.29, 0.717) is 0 Å². The molecule has 0 N–H and O–H groups in total. The smallest absolute Gasteiger partial charge is 0.122 e. The van der Waals surface area contributed by atoms with Gasteiger partial charge in [0.1, 0.15) is 5.72 Å². The van der Waals surface area contributed by atoms with Crippen molar-refractivity contribution in [3.05, 3.63) is 0 Å². The van der Waals surface area contributed by atoms with E-state index in [-0.39, 0.29) is 5.72 Å². The second-order valence-electron chi connectivity index (χ2n) is 4.53. The van der Waals surface area contributed by atoms with Crippen LogP contribution < -0.4 is 0 Å². The van der Waals surface area contributed by atoms with Crippen molar-refractivity contribution >= 4 is 0 Å². The minimum Gasteiger partial charge on any atom is -0.359 e. The molecule has 3 aliphatic rings. The van der Waals surface area contributed by atoms with Crippen molar-refractivity contribution in [3.8, 4) is 0 Å². The van der Waals surface area contributed by atoms with E-state index in [9.17, 15) is 0 Å². The van der Waals surface area contributed by atoms with E-state index < -0.39 is 0 Å². The second-order valence-corrected chi connectivity index (χ2v) is 4.53. The van der Waals surface area contributed by atoms with Crippen molar-refractivity contribution in [2.24, 2.45) is 5.92 Å². The maximum absolute atomic E-state index is 5.94. The molecule has 2 atom stereocenters. The van der Waals surface area contributed by atoms with Crippen LogP contribution in [0.3, 0.4) is 0 Å². The maximum Gasteiger partial charge on any atom is 0.122 e. The number of nitrogens with zero attached hydrogens (tertiary/aromatic N) is 1. The Bertz CT molecular complexity index is 194. The Kier molecular flexibility index (Phi) is 1.50. The quantitative estimate of drug-likeness (QED) is 0.543. The van der Waals surface area contributed by atoms with Crippen molar-refractivity contribution in [3.63, 3.8) is 0 Å². The van der Waals surface area contributed by atoms with Crippen LogP contribution in [0, 0.1) is 5.92 Å². The lowest BCUT2D eigenvalue weighted by atomic mass is 9.77. The molecule has 0 radical (unpaired) electrons. The summed E-state index contributed by atoms with van der Waals surface area (Å²) in [6, 6.07) is 0. The Hall–Kier alpha value is -0.0800. The van der Waals surface area contributed by atoms with Crippen molar-refractivity contribution in [1.82, 2.24) is 4.90 Å². The summed E-state index contributed by atoms with van der Waals surface area (Å²) in [7, 11) is 0. The summed E-state index contributed by atoms with van der Waals surface area (Å²) < 4.78 is 5.94. The van der Waals surface area contributed by atoms with Crippen LogP contribution in [0.5, 0.6) is 0 Å². The van der Waals surface area contributed by atoms with Crippen molar-refractivity contribution in [2.75, 3.05) is 19.7 Å². The fraction of sp³-hybridized carbons (Fsp3) is 1.00. The largest absolute Gasteiger partial charge is 0.359 e. The van der Waals surface area contributed by atoms with Crippen LogP contribution in [-0.4, -0.2) is 30.3 Å². The molecule has 2 heterocycles. The van der Waals surface area contributed by atoms with Crippen molar-refractivity contribution in [2.45, 2.75) is 37.8 Å². The van der Waals surface area contributed by atoms with E-state index in [1.54, 1.807) is 0 Å². The van der Waals surface area contributed by atoms with E-state index >= 15 is 0 Å². The Morgan fingerprint density at radius 1 is 1.25 bits per heavy atom. The average Bonchev–Trinajstić information content (AvgIpc) is 2.46. The van der Waals surface area contributed by atoms with Gasteiger partial charge in [0.25, 0.3) is 0 Å². The molecule has 2 heteroatoms. The Morgan fingerprint density at radius 3 is 3.25 bits per heavy atom. The number of rotatable bonds is 0. The van der Waals surface area contributed by atoms with Gasteiger partial charge in [0, 0.05) is 13.1 Å². The van der Waals surface area contributed by atoms with Gasteiger partial charge in [0.2, 0.25) is 0 Å². The molecule has 12 heavy (non-hydrogen) atoms. The minimum absolute atomic E-state index is 0.223. The Balaban J connectivity index is 1.89. The summed E-state index contributed by atoms with van der Waals surface area (Å²) in [5.74, 6) is 0.980. The summed E-state index contributed by atoms with van der Waals surface area (Å²) in [6.07, 6.45) is 6.89. The molecular weight excluding hydrogens is 150 g/mol. The number of piperidine rings is 1. The molecule has 1 saturated carbocycles. The molecule has 0 aromatic rings. The van der Waals surface area contributed by atoms with Gasteiger partial charge < -0.3 is 4.74 Å². The zero-order valence-corrected chi connectivity index (χ0v) is 7.59. The van der Waals surface area contributed by atoms with Gasteiger partial charge in [-0.1, -0.05) is 6.42 Å². The van der Waals surface area contributed by atoms with E-state index in [1.165, 1.54) is 45.2 Å². The maximum atomic E-state index is 5.94. The molecule has 68 valence electrons. The number of fused-ring (bicyclic) bond motifs is 1. The zero-order valence-electron chi connectivity index (χ0n) is 7.59. The first-order chi connectivity index (χ1) is 5.89. The molecule has 0 amide bonds. The third-order valence-electron chi connectivity index (χ3n) is 3.90. The SMILES string of the molecule is C1CC2CCN3CCOC3(C1)C2. The first kappa shape index (κ1) is 7.34. The summed E-state index contributed by atoms with van der Waals surface area (Å²) in [5.41, 5.74) is 0.223. The molecule has 2 aliphatic heterocycles. The molecule has 2 bridgehead atoms. The van der Waals surface area contributed by atoms with Crippen LogP contribution in [0.4, 0.5) is 0 Å². The van der Waals surface area contributed by atoms with Crippen LogP contribution in [0.1, 0.15) is 32.1 Å². The van der Waals surface area contributed by atoms with E-state index in [0.717, 1.165) is 12.5 Å². The molecule has 1 spiro atoms. The summed E-state index contributed by atoms with van der Waals surface area (Å²) in [4.78, 5) is 2.59. The van der Waals surface area contributed by atoms with Gasteiger partial charge in [-0.05, 0) is 31.6 Å². The average molecular weight is 167 g/mol. The fourth-order valence-electron chi connectivity index (χ4n) is 3.28. The van der Waals surface area contributed by atoms with Gasteiger partial charge in [0.15, 0.2) is 0 Å². The topological polar surface area (TPSA) is 12.5 Å². The van der Waals surface area contributed by atoms with Crippen LogP contribution in [0.15, 0.2) is 0 Å². The number of hydrogen-bond acceptors (Lipinski definition) is 2. The summed E-state index contributed by atoms with van der Waals surface area (Å²) >= 11 is 0. The number of ether oxygens (including phenoxy) is 1. The minimum atomic E-state index is 0.223. The van der Waals surface area contributed by atoms with Gasteiger partial charge >= 0.3 is 0 Å². The first-order valence-electron chi connectivity index (χ1n) is 5.28. The molecule has 3 fully saturated rings. The second kappa shape index (κ2) is 2.46. The molecule has 2 unspecified atom stereocenters. The number of hydrogen-bond donors (Lipinski definition) is 0. The van der Waals surface area contributed by atoms with Gasteiger partial charge in [-0.2, -0.15) is 0 Å². The highest BCUT2D eigenvalue weighted by atomic mass is 16.5. The molecule has 0 aromatic heterocycles. The van der Waals surface area contributed by atoms with E-state index in [2.05, 4.69) is 4.90 Å². The molecular formula is C10H17NO. The Morgan fingerprint density at radius 2 is 2.25 bits per heavy atom. The molecule has 1 aliphatic carbocycles. The fourth-order valence-corrected chi connectivity index (χ4v) is 3.28. The van der Waals surface area contributed by atoms with Crippen molar-refractivity contribution in [1.29, 1.82) is 0 Å². The highest BCUT2D eigenvalue weighted by Crippen LogP contribution is 2.45. The normalized spacial score (nSPS) is 47.5. The highest BCUT2D eigenvalue weighted by Gasteiger charge is 2.48. The lowest BCUT2D eigenvalue weighted by Gasteiger charge is -2.47. The molecule has 2 saturated heterocycles. The van der Waals surface area contributed by atoms with E-state index in [4.69, 9.17) is 4.74 Å².